The third-order valence-corrected chi connectivity index (χ3v) is 2.61. The molecule has 88 valence electrons. The molecule has 1 aromatic heterocycles. The fraction of sp³-hybridized carbons (Fsp3) is 0.167. The molecule has 0 unspecified atom stereocenters. The van der Waals surface area contributed by atoms with Crippen LogP contribution in [0.3, 0.4) is 0 Å². The highest BCUT2D eigenvalue weighted by Crippen LogP contribution is 2.12. The molecule has 2 rings (SSSR count). The van der Waals surface area contributed by atoms with Gasteiger partial charge in [-0.2, -0.15) is 0 Å². The van der Waals surface area contributed by atoms with Crippen LogP contribution in [0.1, 0.15) is 5.56 Å². The molecule has 5 nitrogen and oxygen atoms in total. The van der Waals surface area contributed by atoms with Crippen LogP contribution in [0.2, 0.25) is 0 Å². The van der Waals surface area contributed by atoms with E-state index in [4.69, 9.17) is 5.84 Å². The molecule has 0 aliphatic rings. The summed E-state index contributed by atoms with van der Waals surface area (Å²) in [6.45, 7) is 2.01. The van der Waals surface area contributed by atoms with Gasteiger partial charge in [0, 0.05) is 17.6 Å². The molecule has 0 saturated heterocycles. The Balaban J connectivity index is 2.62. The minimum Gasteiger partial charge on any atom is -0.338 e. The molecule has 0 atom stereocenters. The summed E-state index contributed by atoms with van der Waals surface area (Å²) in [6, 6.07) is 6.99. The van der Waals surface area contributed by atoms with Crippen molar-refractivity contribution in [2.24, 2.45) is 5.84 Å². The minimum atomic E-state index is -0.310. The lowest BCUT2D eigenvalue weighted by Gasteiger charge is -2.09. The molecule has 0 saturated carbocycles. The van der Waals surface area contributed by atoms with Gasteiger partial charge in [-0.25, -0.2) is 5.84 Å². The molecule has 2 aromatic rings. The molecule has 0 aliphatic carbocycles. The number of hydrogen-bond donors (Lipinski definition) is 2. The van der Waals surface area contributed by atoms with Crippen molar-refractivity contribution < 1.29 is 4.79 Å². The summed E-state index contributed by atoms with van der Waals surface area (Å²) in [4.78, 5) is 22.9. The molecule has 0 spiro atoms. The van der Waals surface area contributed by atoms with Gasteiger partial charge in [-0.05, 0) is 19.1 Å². The first-order valence-corrected chi connectivity index (χ1v) is 5.21. The highest BCUT2D eigenvalue weighted by Gasteiger charge is 2.05. The highest BCUT2D eigenvalue weighted by atomic mass is 16.2. The number of pyridine rings is 1. The van der Waals surface area contributed by atoms with Crippen molar-refractivity contribution in [1.82, 2.24) is 9.99 Å². The van der Waals surface area contributed by atoms with Gasteiger partial charge in [0.2, 0.25) is 0 Å². The van der Waals surface area contributed by atoms with Gasteiger partial charge in [0.15, 0.2) is 5.43 Å². The SMILES string of the molecule is Cc1ccc2c(c1)c(=O)ccn2CC(=O)NN. The Labute approximate surface area is 97.8 Å². The Kier molecular flexibility index (Phi) is 2.93. The number of hydrazine groups is 1. The average molecular weight is 231 g/mol. The average Bonchev–Trinajstić information content (AvgIpc) is 2.33. The van der Waals surface area contributed by atoms with Crippen molar-refractivity contribution >= 4 is 16.8 Å². The Morgan fingerprint density at radius 1 is 1.41 bits per heavy atom. The van der Waals surface area contributed by atoms with Crippen molar-refractivity contribution in [3.8, 4) is 0 Å². The number of benzene rings is 1. The van der Waals surface area contributed by atoms with Crippen molar-refractivity contribution in [2.75, 3.05) is 0 Å². The zero-order valence-corrected chi connectivity index (χ0v) is 9.43. The summed E-state index contributed by atoms with van der Waals surface area (Å²) in [7, 11) is 0. The lowest BCUT2D eigenvalue weighted by Crippen LogP contribution is -2.33. The fourth-order valence-corrected chi connectivity index (χ4v) is 1.76. The molecule has 1 aromatic carbocycles. The maximum Gasteiger partial charge on any atom is 0.253 e. The lowest BCUT2D eigenvalue weighted by atomic mass is 10.1. The van der Waals surface area contributed by atoms with Gasteiger partial charge in [-0.15, -0.1) is 0 Å². The Morgan fingerprint density at radius 2 is 2.18 bits per heavy atom. The van der Waals surface area contributed by atoms with Gasteiger partial charge in [0.25, 0.3) is 5.91 Å². The second-order valence-electron chi connectivity index (χ2n) is 3.90. The zero-order valence-electron chi connectivity index (χ0n) is 9.43. The summed E-state index contributed by atoms with van der Waals surface area (Å²) < 4.78 is 1.69. The summed E-state index contributed by atoms with van der Waals surface area (Å²) in [5.74, 6) is 4.73. The van der Waals surface area contributed by atoms with Crippen molar-refractivity contribution in [1.29, 1.82) is 0 Å². The largest absolute Gasteiger partial charge is 0.338 e. The number of nitrogens with zero attached hydrogens (tertiary/aromatic N) is 1. The number of fused-ring (bicyclic) bond motifs is 1. The van der Waals surface area contributed by atoms with Gasteiger partial charge >= 0.3 is 0 Å². The van der Waals surface area contributed by atoms with Gasteiger partial charge < -0.3 is 4.57 Å². The van der Waals surface area contributed by atoms with E-state index in [1.165, 1.54) is 6.07 Å². The molecule has 0 fully saturated rings. The predicted octanol–water partition coefficient (Wildman–Crippen LogP) is 0.300. The number of hydrogen-bond acceptors (Lipinski definition) is 3. The molecule has 1 amide bonds. The monoisotopic (exact) mass is 231 g/mol. The summed E-state index contributed by atoms with van der Waals surface area (Å²) in [5.41, 5.74) is 3.76. The van der Waals surface area contributed by atoms with Gasteiger partial charge in [-0.3, -0.25) is 15.0 Å². The second-order valence-corrected chi connectivity index (χ2v) is 3.90. The molecular formula is C12H13N3O2. The quantitative estimate of drug-likeness (QED) is 0.443. The van der Waals surface area contributed by atoms with Crippen LogP contribution in [0.25, 0.3) is 10.9 Å². The smallest absolute Gasteiger partial charge is 0.253 e. The van der Waals surface area contributed by atoms with Gasteiger partial charge in [-0.1, -0.05) is 11.6 Å². The van der Waals surface area contributed by atoms with E-state index in [-0.39, 0.29) is 17.9 Å². The highest BCUT2D eigenvalue weighted by molar-refractivity contribution is 5.82. The maximum atomic E-state index is 11.7. The Hall–Kier alpha value is -2.14. The molecule has 0 aliphatic heterocycles. The third kappa shape index (κ3) is 2.19. The van der Waals surface area contributed by atoms with E-state index < -0.39 is 0 Å². The number of carbonyl (C=O) groups is 1. The number of carbonyl (C=O) groups excluding carboxylic acids is 1. The molecular weight excluding hydrogens is 218 g/mol. The number of aryl methyl sites for hydroxylation is 1. The third-order valence-electron chi connectivity index (χ3n) is 2.61. The standard InChI is InChI=1S/C12H13N3O2/c1-8-2-3-10-9(6-8)11(16)4-5-15(10)7-12(17)14-13/h2-6H,7,13H2,1H3,(H,14,17). The Morgan fingerprint density at radius 3 is 2.88 bits per heavy atom. The minimum absolute atomic E-state index is 0.0480. The molecule has 0 radical (unpaired) electrons. The van der Waals surface area contributed by atoms with Crippen molar-refractivity contribution in [2.45, 2.75) is 13.5 Å². The first-order valence-electron chi connectivity index (χ1n) is 5.21. The number of rotatable bonds is 2. The van der Waals surface area contributed by atoms with Gasteiger partial charge in [0.1, 0.15) is 6.54 Å². The van der Waals surface area contributed by atoms with Crippen molar-refractivity contribution in [3.63, 3.8) is 0 Å². The van der Waals surface area contributed by atoms with Crippen LogP contribution in [0.15, 0.2) is 35.3 Å². The first-order chi connectivity index (χ1) is 8.11. The van der Waals surface area contributed by atoms with Crippen molar-refractivity contribution in [3.05, 3.63) is 46.2 Å². The maximum absolute atomic E-state index is 11.7. The molecule has 5 heteroatoms. The fourth-order valence-electron chi connectivity index (χ4n) is 1.76. The number of aromatic nitrogens is 1. The van der Waals surface area contributed by atoms with Crippen LogP contribution in [0.5, 0.6) is 0 Å². The molecule has 0 bridgehead atoms. The van der Waals surface area contributed by atoms with E-state index in [0.717, 1.165) is 11.1 Å². The summed E-state index contributed by atoms with van der Waals surface area (Å²) >= 11 is 0. The topological polar surface area (TPSA) is 77.1 Å². The van der Waals surface area contributed by atoms with Crippen LogP contribution < -0.4 is 16.7 Å². The van der Waals surface area contributed by atoms with E-state index in [0.29, 0.717) is 5.39 Å². The van der Waals surface area contributed by atoms with Crippen LogP contribution in [-0.2, 0) is 11.3 Å². The normalized spacial score (nSPS) is 10.5. The van der Waals surface area contributed by atoms with E-state index in [2.05, 4.69) is 5.43 Å². The number of amides is 1. The second kappa shape index (κ2) is 4.39. The van der Waals surface area contributed by atoms with E-state index in [1.807, 2.05) is 25.1 Å². The van der Waals surface area contributed by atoms with Crippen LogP contribution in [0.4, 0.5) is 0 Å². The van der Waals surface area contributed by atoms with E-state index >= 15 is 0 Å². The number of nitrogens with two attached hydrogens (primary N) is 1. The van der Waals surface area contributed by atoms with Crippen LogP contribution in [0, 0.1) is 6.92 Å². The van der Waals surface area contributed by atoms with E-state index in [9.17, 15) is 9.59 Å². The van der Waals surface area contributed by atoms with Crippen LogP contribution in [-0.4, -0.2) is 10.5 Å². The Bertz CT molecular complexity index is 631. The molecule has 1 heterocycles. The predicted molar refractivity (Wildman–Crippen MR) is 65.3 cm³/mol. The molecule has 17 heavy (non-hydrogen) atoms. The first kappa shape index (κ1) is 11.3. The van der Waals surface area contributed by atoms with Crippen LogP contribution >= 0.6 is 0 Å². The zero-order chi connectivity index (χ0) is 12.4. The lowest BCUT2D eigenvalue weighted by molar-refractivity contribution is -0.121. The van der Waals surface area contributed by atoms with E-state index in [1.54, 1.807) is 10.8 Å². The summed E-state index contributed by atoms with van der Waals surface area (Å²) in [6.07, 6.45) is 1.59. The molecule has 3 N–H and O–H groups in total. The van der Waals surface area contributed by atoms with Gasteiger partial charge in [0.05, 0.1) is 5.52 Å². The number of nitrogens with one attached hydrogen (secondary N) is 1. The summed E-state index contributed by atoms with van der Waals surface area (Å²) in [5, 5.41) is 0.609.